The van der Waals surface area contributed by atoms with Crippen molar-refractivity contribution in [1.29, 1.82) is 0 Å². The molecule has 1 aliphatic heterocycles. The van der Waals surface area contributed by atoms with Gasteiger partial charge in [-0.1, -0.05) is 11.2 Å². The van der Waals surface area contributed by atoms with E-state index in [1.54, 1.807) is 30.3 Å². The van der Waals surface area contributed by atoms with Crippen molar-refractivity contribution in [2.75, 3.05) is 19.8 Å². The number of fused-ring (bicyclic) bond motifs is 1. The summed E-state index contributed by atoms with van der Waals surface area (Å²) in [7, 11) is 0. The maximum Gasteiger partial charge on any atom is 0.273 e. The number of aliphatic hydroxyl groups is 1. The third kappa shape index (κ3) is 3.27. The summed E-state index contributed by atoms with van der Waals surface area (Å²) in [6, 6.07) is 10.1. The van der Waals surface area contributed by atoms with Crippen LogP contribution in [0.15, 0.2) is 51.6 Å². The quantitative estimate of drug-likeness (QED) is 0.721. The SMILES string of the molecule is O=C(NC[C@@H](O)c1ccc2c(c1)OCCO2)c1cc(-c2ccco2)on1. The fourth-order valence-corrected chi connectivity index (χ4v) is 2.58. The molecule has 8 nitrogen and oxygen atoms in total. The number of carbonyl (C=O) groups excluding carboxylic acids is 1. The number of hydrogen-bond donors (Lipinski definition) is 2. The largest absolute Gasteiger partial charge is 0.486 e. The summed E-state index contributed by atoms with van der Waals surface area (Å²) in [5, 5.41) is 16.6. The Kier molecular flexibility index (Phi) is 4.32. The van der Waals surface area contributed by atoms with E-state index in [1.807, 2.05) is 0 Å². The van der Waals surface area contributed by atoms with E-state index in [1.165, 1.54) is 12.3 Å². The Morgan fingerprint density at radius 3 is 2.81 bits per heavy atom. The van der Waals surface area contributed by atoms with Crippen LogP contribution < -0.4 is 14.8 Å². The van der Waals surface area contributed by atoms with Crippen LogP contribution in [0, 0.1) is 0 Å². The van der Waals surface area contributed by atoms with Crippen molar-refractivity contribution < 1.29 is 28.3 Å². The number of nitrogens with zero attached hydrogens (tertiary/aromatic N) is 1. The van der Waals surface area contributed by atoms with E-state index < -0.39 is 12.0 Å². The summed E-state index contributed by atoms with van der Waals surface area (Å²) >= 11 is 0. The van der Waals surface area contributed by atoms with Crippen LogP contribution in [0.1, 0.15) is 22.2 Å². The molecular formula is C18H16N2O6. The summed E-state index contributed by atoms with van der Waals surface area (Å²) in [5.41, 5.74) is 0.719. The van der Waals surface area contributed by atoms with Gasteiger partial charge in [0.2, 0.25) is 5.76 Å². The van der Waals surface area contributed by atoms with Crippen molar-refractivity contribution in [3.8, 4) is 23.0 Å². The molecular weight excluding hydrogens is 340 g/mol. The Morgan fingerprint density at radius 1 is 1.15 bits per heavy atom. The number of rotatable bonds is 5. The van der Waals surface area contributed by atoms with E-state index in [0.29, 0.717) is 41.8 Å². The fraction of sp³-hybridized carbons (Fsp3) is 0.222. The van der Waals surface area contributed by atoms with Gasteiger partial charge in [-0.05, 0) is 29.8 Å². The van der Waals surface area contributed by atoms with Gasteiger partial charge < -0.3 is 28.8 Å². The summed E-state index contributed by atoms with van der Waals surface area (Å²) in [4.78, 5) is 12.2. The van der Waals surface area contributed by atoms with E-state index in [-0.39, 0.29) is 12.2 Å². The lowest BCUT2D eigenvalue weighted by atomic mass is 10.1. The zero-order valence-electron chi connectivity index (χ0n) is 13.7. The topological polar surface area (TPSA) is 107 Å². The molecule has 0 unspecified atom stereocenters. The van der Waals surface area contributed by atoms with Gasteiger partial charge in [0.05, 0.1) is 12.4 Å². The molecule has 1 aliphatic rings. The third-order valence-corrected chi connectivity index (χ3v) is 3.91. The van der Waals surface area contributed by atoms with Crippen LogP contribution in [0.2, 0.25) is 0 Å². The predicted molar refractivity (Wildman–Crippen MR) is 88.9 cm³/mol. The van der Waals surface area contributed by atoms with Crippen LogP contribution in [0.5, 0.6) is 11.5 Å². The van der Waals surface area contributed by atoms with E-state index in [9.17, 15) is 9.90 Å². The van der Waals surface area contributed by atoms with Gasteiger partial charge in [-0.25, -0.2) is 0 Å². The molecule has 0 radical (unpaired) electrons. The number of ether oxygens (including phenoxy) is 2. The van der Waals surface area contributed by atoms with Crippen molar-refractivity contribution in [3.63, 3.8) is 0 Å². The van der Waals surface area contributed by atoms with Gasteiger partial charge in [0.1, 0.15) is 13.2 Å². The minimum absolute atomic E-state index is 0.0153. The van der Waals surface area contributed by atoms with Gasteiger partial charge in [0.25, 0.3) is 5.91 Å². The average molecular weight is 356 g/mol. The maximum absolute atomic E-state index is 12.2. The molecule has 0 fully saturated rings. The smallest absolute Gasteiger partial charge is 0.273 e. The first-order valence-corrected chi connectivity index (χ1v) is 8.07. The Hall–Kier alpha value is -3.26. The van der Waals surface area contributed by atoms with Gasteiger partial charge in [-0.15, -0.1) is 0 Å². The lowest BCUT2D eigenvalue weighted by molar-refractivity contribution is 0.0907. The predicted octanol–water partition coefficient (Wildman–Crippen LogP) is 2.17. The number of amides is 1. The number of aliphatic hydroxyl groups excluding tert-OH is 1. The molecule has 1 amide bonds. The lowest BCUT2D eigenvalue weighted by Crippen LogP contribution is -2.28. The first kappa shape index (κ1) is 16.2. The lowest BCUT2D eigenvalue weighted by Gasteiger charge is -2.20. The fourth-order valence-electron chi connectivity index (χ4n) is 2.58. The highest BCUT2D eigenvalue weighted by Gasteiger charge is 2.18. The number of nitrogens with one attached hydrogen (secondary N) is 1. The van der Waals surface area contributed by atoms with Gasteiger partial charge in [-0.2, -0.15) is 0 Å². The number of hydrogen-bond acceptors (Lipinski definition) is 7. The summed E-state index contributed by atoms with van der Waals surface area (Å²) < 4.78 is 21.2. The monoisotopic (exact) mass is 356 g/mol. The zero-order chi connectivity index (χ0) is 17.9. The van der Waals surface area contributed by atoms with Crippen LogP contribution in [0.25, 0.3) is 11.5 Å². The van der Waals surface area contributed by atoms with Crippen molar-refractivity contribution in [2.24, 2.45) is 0 Å². The Labute approximate surface area is 148 Å². The molecule has 134 valence electrons. The summed E-state index contributed by atoms with van der Waals surface area (Å²) in [6.07, 6.45) is 0.604. The molecule has 0 spiro atoms. The second-order valence-corrected chi connectivity index (χ2v) is 5.68. The zero-order valence-corrected chi connectivity index (χ0v) is 13.7. The highest BCUT2D eigenvalue weighted by Crippen LogP contribution is 2.32. The molecule has 0 bridgehead atoms. The average Bonchev–Trinajstić information content (AvgIpc) is 3.36. The van der Waals surface area contributed by atoms with Crippen molar-refractivity contribution in [1.82, 2.24) is 10.5 Å². The molecule has 3 aromatic rings. The van der Waals surface area contributed by atoms with Gasteiger partial charge in [-0.3, -0.25) is 4.79 Å². The van der Waals surface area contributed by atoms with Crippen LogP contribution in [0.4, 0.5) is 0 Å². The van der Waals surface area contributed by atoms with Crippen molar-refractivity contribution in [2.45, 2.75) is 6.10 Å². The van der Waals surface area contributed by atoms with Crippen LogP contribution in [-0.4, -0.2) is 35.9 Å². The Morgan fingerprint density at radius 2 is 2.00 bits per heavy atom. The molecule has 8 heteroatoms. The number of furan rings is 1. The highest BCUT2D eigenvalue weighted by atomic mass is 16.6. The summed E-state index contributed by atoms with van der Waals surface area (Å²) in [6.45, 7) is 0.984. The molecule has 0 saturated heterocycles. The highest BCUT2D eigenvalue weighted by molar-refractivity contribution is 5.92. The minimum Gasteiger partial charge on any atom is -0.486 e. The van der Waals surface area contributed by atoms with Gasteiger partial charge in [0.15, 0.2) is 23.0 Å². The maximum atomic E-state index is 12.2. The van der Waals surface area contributed by atoms with Gasteiger partial charge in [0, 0.05) is 12.6 Å². The minimum atomic E-state index is -0.897. The second-order valence-electron chi connectivity index (χ2n) is 5.68. The van der Waals surface area contributed by atoms with E-state index in [4.69, 9.17) is 18.4 Å². The molecule has 2 aromatic heterocycles. The molecule has 0 saturated carbocycles. The van der Waals surface area contributed by atoms with E-state index in [0.717, 1.165) is 0 Å². The molecule has 1 aromatic carbocycles. The third-order valence-electron chi connectivity index (χ3n) is 3.91. The van der Waals surface area contributed by atoms with Crippen molar-refractivity contribution in [3.05, 3.63) is 53.9 Å². The first-order chi connectivity index (χ1) is 12.7. The van der Waals surface area contributed by atoms with Crippen molar-refractivity contribution >= 4 is 5.91 Å². The molecule has 26 heavy (non-hydrogen) atoms. The number of aromatic nitrogens is 1. The Balaban J connectivity index is 1.38. The van der Waals surface area contributed by atoms with Crippen LogP contribution in [0.3, 0.4) is 0 Å². The molecule has 4 rings (SSSR count). The number of benzene rings is 1. The standard InChI is InChI=1S/C18H16N2O6/c21-13(11-3-4-15-16(8-11)25-7-6-24-15)10-19-18(22)12-9-17(26-20-12)14-2-1-5-23-14/h1-5,8-9,13,21H,6-7,10H2,(H,19,22)/t13-/m1/s1. The summed E-state index contributed by atoms with van der Waals surface area (Å²) in [5.74, 6) is 1.60. The van der Waals surface area contributed by atoms with E-state index >= 15 is 0 Å². The van der Waals surface area contributed by atoms with Crippen LogP contribution in [-0.2, 0) is 0 Å². The van der Waals surface area contributed by atoms with E-state index in [2.05, 4.69) is 10.5 Å². The first-order valence-electron chi connectivity index (χ1n) is 8.07. The van der Waals surface area contributed by atoms with Gasteiger partial charge >= 0.3 is 0 Å². The Bertz CT molecular complexity index is 902. The van der Waals surface area contributed by atoms with Crippen LogP contribution >= 0.6 is 0 Å². The second kappa shape index (κ2) is 6.93. The molecule has 0 aliphatic carbocycles. The molecule has 1 atom stereocenters. The molecule has 3 heterocycles. The normalized spacial score (nSPS) is 14.0. The number of carbonyl (C=O) groups is 1. The molecule has 2 N–H and O–H groups in total.